The summed E-state index contributed by atoms with van der Waals surface area (Å²) < 4.78 is 0. The summed E-state index contributed by atoms with van der Waals surface area (Å²) in [6.07, 6.45) is 3.77. The minimum Gasteiger partial charge on any atom is -0.314 e. The van der Waals surface area contributed by atoms with Crippen molar-refractivity contribution in [3.63, 3.8) is 0 Å². The Balaban J connectivity index is 2.08. The van der Waals surface area contributed by atoms with Crippen molar-refractivity contribution in [2.45, 2.75) is 32.2 Å². The Morgan fingerprint density at radius 1 is 1.50 bits per heavy atom. The molecule has 0 aliphatic carbocycles. The quantitative estimate of drug-likeness (QED) is 0.790. The van der Waals surface area contributed by atoms with E-state index in [4.69, 9.17) is 11.6 Å². The van der Waals surface area contributed by atoms with Crippen LogP contribution in [0, 0.1) is 6.92 Å². The maximum absolute atomic E-state index is 5.92. The van der Waals surface area contributed by atoms with Crippen LogP contribution in [0.3, 0.4) is 0 Å². The van der Waals surface area contributed by atoms with Crippen molar-refractivity contribution in [1.82, 2.24) is 5.32 Å². The first-order valence-corrected chi connectivity index (χ1v) is 5.62. The molecular formula is C12H16ClN. The van der Waals surface area contributed by atoms with E-state index in [0.717, 1.165) is 11.4 Å². The monoisotopic (exact) mass is 209 g/mol. The highest BCUT2D eigenvalue weighted by Gasteiger charge is 2.14. The van der Waals surface area contributed by atoms with Crippen molar-refractivity contribution in [3.8, 4) is 0 Å². The molecule has 0 aromatic heterocycles. The van der Waals surface area contributed by atoms with Crippen molar-refractivity contribution in [1.29, 1.82) is 0 Å². The Hall–Kier alpha value is -0.530. The number of aryl methyl sites for hydroxylation is 1. The fourth-order valence-corrected chi connectivity index (χ4v) is 2.31. The van der Waals surface area contributed by atoms with Gasteiger partial charge in [0, 0.05) is 11.1 Å². The van der Waals surface area contributed by atoms with E-state index in [2.05, 4.69) is 18.3 Å². The molecule has 0 amide bonds. The zero-order valence-electron chi connectivity index (χ0n) is 8.52. The van der Waals surface area contributed by atoms with E-state index in [9.17, 15) is 0 Å². The Bertz CT molecular complexity index is 316. The normalized spacial score (nSPS) is 21.4. The molecule has 1 aliphatic heterocycles. The van der Waals surface area contributed by atoms with Crippen LogP contribution in [-0.4, -0.2) is 12.6 Å². The van der Waals surface area contributed by atoms with Crippen molar-refractivity contribution >= 4 is 11.6 Å². The maximum Gasteiger partial charge on any atom is 0.0408 e. The summed E-state index contributed by atoms with van der Waals surface area (Å²) in [5.74, 6) is 0. The lowest BCUT2D eigenvalue weighted by Gasteiger charge is -2.12. The highest BCUT2D eigenvalue weighted by atomic mass is 35.5. The van der Waals surface area contributed by atoms with E-state index in [0.29, 0.717) is 6.04 Å². The molecule has 0 radical (unpaired) electrons. The van der Waals surface area contributed by atoms with Gasteiger partial charge in [-0.05, 0) is 56.0 Å². The molecule has 2 rings (SSSR count). The van der Waals surface area contributed by atoms with Crippen LogP contribution in [0.4, 0.5) is 0 Å². The molecular weight excluding hydrogens is 194 g/mol. The van der Waals surface area contributed by atoms with Crippen molar-refractivity contribution in [3.05, 3.63) is 34.3 Å². The van der Waals surface area contributed by atoms with Gasteiger partial charge in [-0.3, -0.25) is 0 Å². The van der Waals surface area contributed by atoms with Gasteiger partial charge in [-0.15, -0.1) is 0 Å². The molecule has 14 heavy (non-hydrogen) atoms. The third kappa shape index (κ3) is 2.28. The summed E-state index contributed by atoms with van der Waals surface area (Å²) in [5, 5.41) is 4.35. The number of hydrogen-bond donors (Lipinski definition) is 1. The van der Waals surface area contributed by atoms with Gasteiger partial charge in [0.05, 0.1) is 0 Å². The molecule has 2 heteroatoms. The summed E-state index contributed by atoms with van der Waals surface area (Å²) in [5.41, 5.74) is 2.74. The predicted molar refractivity (Wildman–Crippen MR) is 60.9 cm³/mol. The summed E-state index contributed by atoms with van der Waals surface area (Å²) in [7, 11) is 0. The van der Waals surface area contributed by atoms with Gasteiger partial charge in [0.2, 0.25) is 0 Å². The van der Waals surface area contributed by atoms with Crippen LogP contribution in [0.25, 0.3) is 0 Å². The Kier molecular flexibility index (Phi) is 3.09. The molecule has 1 aliphatic rings. The van der Waals surface area contributed by atoms with Crippen LogP contribution in [0.5, 0.6) is 0 Å². The highest BCUT2D eigenvalue weighted by Crippen LogP contribution is 2.18. The van der Waals surface area contributed by atoms with Crippen LogP contribution in [0.15, 0.2) is 18.2 Å². The molecule has 0 bridgehead atoms. The van der Waals surface area contributed by atoms with Gasteiger partial charge in [-0.1, -0.05) is 17.7 Å². The molecule has 76 valence electrons. The largest absolute Gasteiger partial charge is 0.314 e. The van der Waals surface area contributed by atoms with E-state index in [1.54, 1.807) is 0 Å². The first-order chi connectivity index (χ1) is 6.75. The van der Waals surface area contributed by atoms with Gasteiger partial charge in [0.25, 0.3) is 0 Å². The third-order valence-corrected chi connectivity index (χ3v) is 3.17. The Morgan fingerprint density at radius 2 is 2.36 bits per heavy atom. The first-order valence-electron chi connectivity index (χ1n) is 5.24. The second-order valence-corrected chi connectivity index (χ2v) is 4.50. The Labute approximate surface area is 90.5 Å². The average molecular weight is 210 g/mol. The number of hydrogen-bond acceptors (Lipinski definition) is 1. The number of benzene rings is 1. The molecule has 0 saturated carbocycles. The van der Waals surface area contributed by atoms with Gasteiger partial charge in [-0.2, -0.15) is 0 Å². The molecule has 1 unspecified atom stereocenters. The minimum atomic E-state index is 0.676. The van der Waals surface area contributed by atoms with Crippen LogP contribution in [0.2, 0.25) is 5.02 Å². The van der Waals surface area contributed by atoms with Gasteiger partial charge in [0.1, 0.15) is 0 Å². The van der Waals surface area contributed by atoms with Crippen LogP contribution < -0.4 is 5.32 Å². The molecule has 1 fully saturated rings. The van der Waals surface area contributed by atoms with Gasteiger partial charge in [0.15, 0.2) is 0 Å². The predicted octanol–water partition coefficient (Wildman–Crippen LogP) is 2.94. The highest BCUT2D eigenvalue weighted by molar-refractivity contribution is 6.30. The lowest BCUT2D eigenvalue weighted by molar-refractivity contribution is 0.601. The zero-order valence-corrected chi connectivity index (χ0v) is 9.27. The molecule has 1 aromatic carbocycles. The molecule has 1 nitrogen and oxygen atoms in total. The molecule has 1 atom stereocenters. The first kappa shape index (κ1) is 10.0. The third-order valence-electron chi connectivity index (χ3n) is 2.93. The van der Waals surface area contributed by atoms with E-state index in [1.165, 1.54) is 30.5 Å². The average Bonchev–Trinajstić information content (AvgIpc) is 2.62. The van der Waals surface area contributed by atoms with Crippen molar-refractivity contribution in [2.75, 3.05) is 6.54 Å². The maximum atomic E-state index is 5.92. The smallest absolute Gasteiger partial charge is 0.0408 e. The fraction of sp³-hybridized carbons (Fsp3) is 0.500. The van der Waals surface area contributed by atoms with Crippen LogP contribution in [0.1, 0.15) is 24.0 Å². The summed E-state index contributed by atoms with van der Waals surface area (Å²) in [6.45, 7) is 3.31. The van der Waals surface area contributed by atoms with Crippen molar-refractivity contribution < 1.29 is 0 Å². The second-order valence-electron chi connectivity index (χ2n) is 4.07. The summed E-state index contributed by atoms with van der Waals surface area (Å²) in [6, 6.07) is 6.86. The van der Waals surface area contributed by atoms with Gasteiger partial charge in [-0.25, -0.2) is 0 Å². The standard InChI is InChI=1S/C12H16ClN/c1-9-7-11(13)5-4-10(9)8-12-3-2-6-14-12/h4-5,7,12,14H,2-3,6,8H2,1H3. The topological polar surface area (TPSA) is 12.0 Å². The number of halogens is 1. The Morgan fingerprint density at radius 3 is 3.00 bits per heavy atom. The van der Waals surface area contributed by atoms with Crippen LogP contribution >= 0.6 is 11.6 Å². The van der Waals surface area contributed by atoms with E-state index in [1.807, 2.05) is 12.1 Å². The second kappa shape index (κ2) is 4.33. The molecule has 1 N–H and O–H groups in total. The molecule has 1 saturated heterocycles. The summed E-state index contributed by atoms with van der Waals surface area (Å²) >= 11 is 5.92. The van der Waals surface area contributed by atoms with E-state index < -0.39 is 0 Å². The number of rotatable bonds is 2. The fourth-order valence-electron chi connectivity index (χ4n) is 2.08. The van der Waals surface area contributed by atoms with Crippen LogP contribution in [-0.2, 0) is 6.42 Å². The lowest BCUT2D eigenvalue weighted by atomic mass is 10.0. The lowest BCUT2D eigenvalue weighted by Crippen LogP contribution is -2.23. The van der Waals surface area contributed by atoms with Gasteiger partial charge < -0.3 is 5.32 Å². The van der Waals surface area contributed by atoms with Gasteiger partial charge >= 0.3 is 0 Å². The molecule has 0 spiro atoms. The van der Waals surface area contributed by atoms with E-state index in [-0.39, 0.29) is 0 Å². The van der Waals surface area contributed by atoms with Crippen molar-refractivity contribution in [2.24, 2.45) is 0 Å². The summed E-state index contributed by atoms with van der Waals surface area (Å²) in [4.78, 5) is 0. The molecule has 1 aromatic rings. The number of nitrogens with one attached hydrogen (secondary N) is 1. The zero-order chi connectivity index (χ0) is 9.97. The molecule has 1 heterocycles. The van der Waals surface area contributed by atoms with E-state index >= 15 is 0 Å². The SMILES string of the molecule is Cc1cc(Cl)ccc1CC1CCCN1. The minimum absolute atomic E-state index is 0.676.